The summed E-state index contributed by atoms with van der Waals surface area (Å²) in [5, 5.41) is 8.08. The SMILES string of the molecule is C=C(CC)C(=O)O.CCCCCCCCN(C)C. The number of rotatable bonds is 9. The van der Waals surface area contributed by atoms with Crippen LogP contribution in [0.1, 0.15) is 58.8 Å². The second-order valence-electron chi connectivity index (χ2n) is 4.83. The number of hydrogen-bond donors (Lipinski definition) is 1. The Morgan fingerprint density at radius 2 is 1.56 bits per heavy atom. The molecule has 3 nitrogen and oxygen atoms in total. The van der Waals surface area contributed by atoms with Gasteiger partial charge in [-0.25, -0.2) is 4.79 Å². The first-order chi connectivity index (χ1) is 8.45. The average molecular weight is 257 g/mol. The maximum atomic E-state index is 9.83. The van der Waals surface area contributed by atoms with Gasteiger partial charge in [0.05, 0.1) is 0 Å². The van der Waals surface area contributed by atoms with Crippen molar-refractivity contribution >= 4 is 5.97 Å². The first kappa shape index (κ1) is 19.5. The van der Waals surface area contributed by atoms with Crippen molar-refractivity contribution in [3.8, 4) is 0 Å². The van der Waals surface area contributed by atoms with Gasteiger partial charge in [-0.05, 0) is 33.5 Å². The molecule has 0 bridgehead atoms. The van der Waals surface area contributed by atoms with E-state index < -0.39 is 5.97 Å². The molecule has 0 unspecified atom stereocenters. The van der Waals surface area contributed by atoms with E-state index >= 15 is 0 Å². The smallest absolute Gasteiger partial charge is 0.330 e. The summed E-state index contributed by atoms with van der Waals surface area (Å²) in [4.78, 5) is 12.1. The number of hydrogen-bond acceptors (Lipinski definition) is 2. The van der Waals surface area contributed by atoms with E-state index in [0.717, 1.165) is 0 Å². The largest absolute Gasteiger partial charge is 0.478 e. The van der Waals surface area contributed by atoms with Crippen molar-refractivity contribution in [1.29, 1.82) is 0 Å². The lowest BCUT2D eigenvalue weighted by Crippen LogP contribution is -2.12. The van der Waals surface area contributed by atoms with Crippen molar-refractivity contribution in [2.75, 3.05) is 20.6 Å². The fourth-order valence-electron chi connectivity index (χ4n) is 1.36. The van der Waals surface area contributed by atoms with E-state index in [0.29, 0.717) is 6.42 Å². The lowest BCUT2D eigenvalue weighted by molar-refractivity contribution is -0.132. The molecule has 0 amide bonds. The Morgan fingerprint density at radius 1 is 1.06 bits per heavy atom. The van der Waals surface area contributed by atoms with Gasteiger partial charge in [-0.2, -0.15) is 0 Å². The minimum atomic E-state index is -0.900. The third kappa shape index (κ3) is 17.6. The highest BCUT2D eigenvalue weighted by atomic mass is 16.4. The molecule has 0 spiro atoms. The molecule has 0 aromatic heterocycles. The van der Waals surface area contributed by atoms with Crippen molar-refractivity contribution in [2.24, 2.45) is 0 Å². The lowest BCUT2D eigenvalue weighted by Gasteiger charge is -2.08. The second-order valence-corrected chi connectivity index (χ2v) is 4.83. The van der Waals surface area contributed by atoms with Gasteiger partial charge < -0.3 is 10.0 Å². The van der Waals surface area contributed by atoms with Crippen LogP contribution in [0.3, 0.4) is 0 Å². The molecule has 0 aromatic carbocycles. The van der Waals surface area contributed by atoms with Gasteiger partial charge in [0.15, 0.2) is 0 Å². The molecule has 0 rings (SSSR count). The summed E-state index contributed by atoms with van der Waals surface area (Å²) in [6.07, 6.45) is 8.95. The standard InChI is InChI=1S/C10H23N.C5H8O2/c1-4-5-6-7-8-9-10-11(2)3;1-3-4(2)5(6)7/h4-10H2,1-3H3;2-3H2,1H3,(H,6,7). The predicted molar refractivity (Wildman–Crippen MR) is 79.0 cm³/mol. The van der Waals surface area contributed by atoms with E-state index in [1.807, 2.05) is 0 Å². The van der Waals surface area contributed by atoms with Gasteiger partial charge in [-0.3, -0.25) is 0 Å². The van der Waals surface area contributed by atoms with E-state index in [-0.39, 0.29) is 5.57 Å². The van der Waals surface area contributed by atoms with Gasteiger partial charge in [0, 0.05) is 5.57 Å². The van der Waals surface area contributed by atoms with E-state index in [1.165, 1.54) is 45.1 Å². The zero-order valence-electron chi connectivity index (χ0n) is 12.7. The number of nitrogens with zero attached hydrogens (tertiary/aromatic N) is 1. The average Bonchev–Trinajstić information content (AvgIpc) is 2.33. The molecule has 0 aliphatic heterocycles. The van der Waals surface area contributed by atoms with Gasteiger partial charge in [-0.15, -0.1) is 0 Å². The highest BCUT2D eigenvalue weighted by Gasteiger charge is 1.96. The highest BCUT2D eigenvalue weighted by Crippen LogP contribution is 2.04. The van der Waals surface area contributed by atoms with E-state index in [1.54, 1.807) is 6.92 Å². The van der Waals surface area contributed by atoms with Gasteiger partial charge in [0.1, 0.15) is 0 Å². The summed E-state index contributed by atoms with van der Waals surface area (Å²) < 4.78 is 0. The Balaban J connectivity index is 0. The van der Waals surface area contributed by atoms with Crippen LogP contribution in [-0.4, -0.2) is 36.6 Å². The quantitative estimate of drug-likeness (QED) is 0.502. The van der Waals surface area contributed by atoms with Crippen LogP contribution < -0.4 is 0 Å². The lowest BCUT2D eigenvalue weighted by atomic mass is 10.1. The predicted octanol–water partition coefficient (Wildman–Crippen LogP) is 3.95. The molecule has 0 heterocycles. The van der Waals surface area contributed by atoms with Crippen molar-refractivity contribution in [1.82, 2.24) is 4.90 Å². The van der Waals surface area contributed by atoms with E-state index in [9.17, 15) is 4.79 Å². The Bertz CT molecular complexity index is 213. The molecule has 0 radical (unpaired) electrons. The third-order valence-corrected chi connectivity index (χ3v) is 2.69. The number of aliphatic carboxylic acids is 1. The van der Waals surface area contributed by atoms with Gasteiger partial charge in [0.2, 0.25) is 0 Å². The maximum absolute atomic E-state index is 9.83. The van der Waals surface area contributed by atoms with E-state index in [2.05, 4.69) is 32.5 Å². The zero-order valence-corrected chi connectivity index (χ0v) is 12.7. The zero-order chi connectivity index (χ0) is 14.4. The Hall–Kier alpha value is -0.830. The monoisotopic (exact) mass is 257 g/mol. The molecule has 1 N–H and O–H groups in total. The first-order valence-electron chi connectivity index (χ1n) is 7.01. The molecule has 0 aliphatic rings. The molecule has 3 heteroatoms. The van der Waals surface area contributed by atoms with Gasteiger partial charge >= 0.3 is 5.97 Å². The van der Waals surface area contributed by atoms with Gasteiger partial charge in [-0.1, -0.05) is 52.5 Å². The summed E-state index contributed by atoms with van der Waals surface area (Å²) in [5.41, 5.74) is 0.264. The van der Waals surface area contributed by atoms with Crippen LogP contribution in [-0.2, 0) is 4.79 Å². The fourth-order valence-corrected chi connectivity index (χ4v) is 1.36. The van der Waals surface area contributed by atoms with Crippen LogP contribution in [0.4, 0.5) is 0 Å². The number of carboxylic acids is 1. The van der Waals surface area contributed by atoms with Crippen LogP contribution >= 0.6 is 0 Å². The highest BCUT2D eigenvalue weighted by molar-refractivity contribution is 5.85. The molecule has 18 heavy (non-hydrogen) atoms. The minimum Gasteiger partial charge on any atom is -0.478 e. The maximum Gasteiger partial charge on any atom is 0.330 e. The molecule has 0 saturated heterocycles. The van der Waals surface area contributed by atoms with Crippen LogP contribution in [0.25, 0.3) is 0 Å². The molecule has 0 saturated carbocycles. The van der Waals surface area contributed by atoms with Crippen molar-refractivity contribution in [2.45, 2.75) is 58.8 Å². The minimum absolute atomic E-state index is 0.264. The number of unbranched alkanes of at least 4 members (excludes halogenated alkanes) is 5. The molecule has 0 atom stereocenters. The van der Waals surface area contributed by atoms with Crippen LogP contribution in [0.5, 0.6) is 0 Å². The number of carbonyl (C=O) groups is 1. The van der Waals surface area contributed by atoms with Gasteiger partial charge in [0.25, 0.3) is 0 Å². The topological polar surface area (TPSA) is 40.5 Å². The van der Waals surface area contributed by atoms with Crippen LogP contribution in [0, 0.1) is 0 Å². The molecule has 0 fully saturated rings. The molecule has 108 valence electrons. The van der Waals surface area contributed by atoms with Crippen LogP contribution in [0.15, 0.2) is 12.2 Å². The summed E-state index contributed by atoms with van der Waals surface area (Å²) in [6, 6.07) is 0. The summed E-state index contributed by atoms with van der Waals surface area (Å²) in [7, 11) is 4.29. The Labute approximate surface area is 113 Å². The summed E-state index contributed by atoms with van der Waals surface area (Å²) in [6.45, 7) is 8.55. The summed E-state index contributed by atoms with van der Waals surface area (Å²) >= 11 is 0. The Kier molecular flexibility index (Phi) is 15.4. The van der Waals surface area contributed by atoms with E-state index in [4.69, 9.17) is 5.11 Å². The van der Waals surface area contributed by atoms with Crippen LogP contribution in [0.2, 0.25) is 0 Å². The fraction of sp³-hybridized carbons (Fsp3) is 0.800. The third-order valence-electron chi connectivity index (χ3n) is 2.69. The van der Waals surface area contributed by atoms with Crippen molar-refractivity contribution in [3.63, 3.8) is 0 Å². The first-order valence-corrected chi connectivity index (χ1v) is 7.01. The normalized spacial score (nSPS) is 9.83. The van der Waals surface area contributed by atoms with Crippen molar-refractivity contribution < 1.29 is 9.90 Å². The molecule has 0 aliphatic carbocycles. The molecule has 0 aromatic rings. The molecular formula is C15H31NO2. The number of carboxylic acid groups (broad SMARTS) is 1. The summed E-state index contributed by atoms with van der Waals surface area (Å²) in [5.74, 6) is -0.900. The Morgan fingerprint density at radius 3 is 1.89 bits per heavy atom. The molecular weight excluding hydrogens is 226 g/mol. The second kappa shape index (κ2) is 14.2. The van der Waals surface area contributed by atoms with Crippen molar-refractivity contribution in [3.05, 3.63) is 12.2 Å².